The SMILES string of the molecule is CNCC1CCN(CC(=O)Nc2ccc(Br)cc2Cl)CC1.Cl. The molecule has 1 aromatic rings. The van der Waals surface area contributed by atoms with E-state index in [1.165, 1.54) is 0 Å². The Kier molecular flexibility index (Phi) is 8.72. The summed E-state index contributed by atoms with van der Waals surface area (Å²) < 4.78 is 0.900. The Balaban J connectivity index is 0.00000242. The minimum Gasteiger partial charge on any atom is -0.324 e. The lowest BCUT2D eigenvalue weighted by atomic mass is 9.97. The molecule has 1 fully saturated rings. The average molecular weight is 411 g/mol. The highest BCUT2D eigenvalue weighted by Gasteiger charge is 2.20. The second-order valence-electron chi connectivity index (χ2n) is 5.45. The highest BCUT2D eigenvalue weighted by Crippen LogP contribution is 2.25. The van der Waals surface area contributed by atoms with E-state index in [0.717, 1.165) is 42.9 Å². The number of carbonyl (C=O) groups is 1. The number of halogens is 3. The van der Waals surface area contributed by atoms with Crippen LogP contribution < -0.4 is 10.6 Å². The summed E-state index contributed by atoms with van der Waals surface area (Å²) in [5.74, 6) is 0.724. The highest BCUT2D eigenvalue weighted by molar-refractivity contribution is 9.10. The van der Waals surface area contributed by atoms with Crippen LogP contribution in [0.15, 0.2) is 22.7 Å². The molecule has 0 atom stereocenters. The van der Waals surface area contributed by atoms with Crippen LogP contribution in [0.4, 0.5) is 5.69 Å². The number of amides is 1. The van der Waals surface area contributed by atoms with Crippen molar-refractivity contribution < 1.29 is 4.79 Å². The molecule has 7 heteroatoms. The number of likely N-dealkylation sites (tertiary alicyclic amines) is 1. The summed E-state index contributed by atoms with van der Waals surface area (Å²) in [5, 5.41) is 6.64. The second kappa shape index (κ2) is 9.73. The van der Waals surface area contributed by atoms with Gasteiger partial charge >= 0.3 is 0 Å². The number of rotatable bonds is 5. The summed E-state index contributed by atoms with van der Waals surface area (Å²) in [7, 11) is 1.99. The molecular formula is C15H22BrCl2N3O. The molecule has 0 unspecified atom stereocenters. The van der Waals surface area contributed by atoms with Gasteiger partial charge in [0, 0.05) is 4.47 Å². The molecule has 124 valence electrons. The lowest BCUT2D eigenvalue weighted by Crippen LogP contribution is -2.40. The molecule has 2 rings (SSSR count). The van der Waals surface area contributed by atoms with Gasteiger partial charge in [-0.2, -0.15) is 0 Å². The van der Waals surface area contributed by atoms with Crippen LogP contribution in [0.2, 0.25) is 5.02 Å². The van der Waals surface area contributed by atoms with E-state index in [1.807, 2.05) is 19.2 Å². The molecule has 0 aromatic heterocycles. The van der Waals surface area contributed by atoms with Crippen LogP contribution >= 0.6 is 39.9 Å². The van der Waals surface area contributed by atoms with E-state index in [-0.39, 0.29) is 18.3 Å². The summed E-state index contributed by atoms with van der Waals surface area (Å²) >= 11 is 9.45. The minimum atomic E-state index is -0.00807. The van der Waals surface area contributed by atoms with Crippen molar-refractivity contribution in [3.05, 3.63) is 27.7 Å². The van der Waals surface area contributed by atoms with E-state index in [9.17, 15) is 4.79 Å². The Labute approximate surface area is 151 Å². The number of piperidine rings is 1. The summed E-state index contributed by atoms with van der Waals surface area (Å²) in [6.07, 6.45) is 2.29. The quantitative estimate of drug-likeness (QED) is 0.781. The number of hydrogen-bond donors (Lipinski definition) is 2. The summed E-state index contributed by atoms with van der Waals surface area (Å²) in [5.41, 5.74) is 0.662. The third kappa shape index (κ3) is 6.05. The fraction of sp³-hybridized carbons (Fsp3) is 0.533. The molecule has 4 nitrogen and oxygen atoms in total. The first kappa shape index (κ1) is 19.7. The molecule has 22 heavy (non-hydrogen) atoms. The maximum absolute atomic E-state index is 12.1. The highest BCUT2D eigenvalue weighted by atomic mass is 79.9. The number of carbonyl (C=O) groups excluding carboxylic acids is 1. The zero-order valence-corrected chi connectivity index (χ0v) is 15.7. The Bertz CT molecular complexity index is 494. The molecule has 1 aliphatic rings. The Hall–Kier alpha value is -0.330. The lowest BCUT2D eigenvalue weighted by molar-refractivity contribution is -0.117. The average Bonchev–Trinajstić information content (AvgIpc) is 2.44. The van der Waals surface area contributed by atoms with Gasteiger partial charge in [-0.15, -0.1) is 12.4 Å². The van der Waals surface area contributed by atoms with Crippen LogP contribution in [-0.2, 0) is 4.79 Å². The maximum Gasteiger partial charge on any atom is 0.238 e. The van der Waals surface area contributed by atoms with Gasteiger partial charge < -0.3 is 10.6 Å². The monoisotopic (exact) mass is 409 g/mol. The van der Waals surface area contributed by atoms with Gasteiger partial charge in [-0.1, -0.05) is 27.5 Å². The predicted molar refractivity (Wildman–Crippen MR) is 98.1 cm³/mol. The van der Waals surface area contributed by atoms with Gasteiger partial charge in [-0.3, -0.25) is 9.69 Å². The second-order valence-corrected chi connectivity index (χ2v) is 6.77. The first-order valence-electron chi connectivity index (χ1n) is 7.20. The van der Waals surface area contributed by atoms with Gasteiger partial charge in [-0.25, -0.2) is 0 Å². The molecule has 0 spiro atoms. The molecular weight excluding hydrogens is 389 g/mol. The first-order valence-corrected chi connectivity index (χ1v) is 8.37. The lowest BCUT2D eigenvalue weighted by Gasteiger charge is -2.31. The van der Waals surface area contributed by atoms with E-state index in [4.69, 9.17) is 11.6 Å². The molecule has 1 heterocycles. The largest absolute Gasteiger partial charge is 0.324 e. The molecule has 0 radical (unpaired) electrons. The molecule has 1 aliphatic heterocycles. The van der Waals surface area contributed by atoms with E-state index < -0.39 is 0 Å². The van der Waals surface area contributed by atoms with Crippen LogP contribution in [0.25, 0.3) is 0 Å². The fourth-order valence-electron chi connectivity index (χ4n) is 2.62. The fourth-order valence-corrected chi connectivity index (χ4v) is 3.34. The maximum atomic E-state index is 12.1. The van der Waals surface area contributed by atoms with Crippen molar-refractivity contribution in [3.8, 4) is 0 Å². The van der Waals surface area contributed by atoms with Crippen molar-refractivity contribution in [3.63, 3.8) is 0 Å². The Morgan fingerprint density at radius 2 is 2.09 bits per heavy atom. The number of nitrogens with one attached hydrogen (secondary N) is 2. The van der Waals surface area contributed by atoms with Crippen molar-refractivity contribution in [1.82, 2.24) is 10.2 Å². The van der Waals surface area contributed by atoms with Crippen LogP contribution in [0, 0.1) is 5.92 Å². The van der Waals surface area contributed by atoms with Gasteiger partial charge in [0.25, 0.3) is 0 Å². The summed E-state index contributed by atoms with van der Waals surface area (Å²) in [6.45, 7) is 3.45. The molecule has 0 bridgehead atoms. The smallest absolute Gasteiger partial charge is 0.238 e. The van der Waals surface area contributed by atoms with Gasteiger partial charge in [0.05, 0.1) is 17.3 Å². The standard InChI is InChI=1S/C15H21BrClN3O.ClH/c1-18-9-11-4-6-20(7-5-11)10-15(21)19-14-3-2-12(16)8-13(14)17;/h2-3,8,11,18H,4-7,9-10H2,1H3,(H,19,21);1H. The van der Waals surface area contributed by atoms with Gasteiger partial charge in [-0.05, 0) is 63.6 Å². The molecule has 1 saturated heterocycles. The molecule has 1 amide bonds. The van der Waals surface area contributed by atoms with Crippen LogP contribution in [-0.4, -0.2) is 44.0 Å². The van der Waals surface area contributed by atoms with Gasteiger partial charge in [0.2, 0.25) is 5.91 Å². The molecule has 0 aliphatic carbocycles. The zero-order chi connectivity index (χ0) is 15.2. The van der Waals surface area contributed by atoms with Crippen molar-refractivity contribution in [2.24, 2.45) is 5.92 Å². The number of benzene rings is 1. The third-order valence-electron chi connectivity index (χ3n) is 3.77. The third-order valence-corrected chi connectivity index (χ3v) is 4.58. The van der Waals surface area contributed by atoms with Crippen molar-refractivity contribution in [2.75, 3.05) is 38.5 Å². The summed E-state index contributed by atoms with van der Waals surface area (Å²) in [6, 6.07) is 5.45. The Morgan fingerprint density at radius 1 is 1.41 bits per heavy atom. The summed E-state index contributed by atoms with van der Waals surface area (Å²) in [4.78, 5) is 14.3. The van der Waals surface area contributed by atoms with Gasteiger partial charge in [0.15, 0.2) is 0 Å². The van der Waals surface area contributed by atoms with E-state index >= 15 is 0 Å². The van der Waals surface area contributed by atoms with E-state index in [1.54, 1.807) is 6.07 Å². The van der Waals surface area contributed by atoms with Gasteiger partial charge in [0.1, 0.15) is 0 Å². The van der Waals surface area contributed by atoms with E-state index in [2.05, 4.69) is 31.5 Å². The molecule has 0 saturated carbocycles. The number of nitrogens with zero attached hydrogens (tertiary/aromatic N) is 1. The van der Waals surface area contributed by atoms with Crippen LogP contribution in [0.1, 0.15) is 12.8 Å². The Morgan fingerprint density at radius 3 is 2.68 bits per heavy atom. The zero-order valence-electron chi connectivity index (χ0n) is 12.6. The topological polar surface area (TPSA) is 44.4 Å². The molecule has 1 aromatic carbocycles. The number of hydrogen-bond acceptors (Lipinski definition) is 3. The minimum absolute atomic E-state index is 0. The molecule has 2 N–H and O–H groups in total. The predicted octanol–water partition coefficient (Wildman–Crippen LogP) is 3.39. The van der Waals surface area contributed by atoms with Crippen molar-refractivity contribution >= 4 is 51.5 Å². The van der Waals surface area contributed by atoms with Crippen LogP contribution in [0.5, 0.6) is 0 Å². The first-order chi connectivity index (χ1) is 10.1. The van der Waals surface area contributed by atoms with E-state index in [0.29, 0.717) is 17.3 Å². The number of anilines is 1. The normalized spacial score (nSPS) is 16.1. The van der Waals surface area contributed by atoms with Crippen molar-refractivity contribution in [2.45, 2.75) is 12.8 Å². The van der Waals surface area contributed by atoms with Crippen molar-refractivity contribution in [1.29, 1.82) is 0 Å². The van der Waals surface area contributed by atoms with Crippen LogP contribution in [0.3, 0.4) is 0 Å².